The first-order valence-corrected chi connectivity index (χ1v) is 11.5. The number of carbonyl (C=O) groups excluding carboxylic acids is 1. The van der Waals surface area contributed by atoms with E-state index >= 15 is 0 Å². The normalized spacial score (nSPS) is 15.4. The number of carbonyl (C=O) groups is 2. The molecule has 0 aliphatic heterocycles. The van der Waals surface area contributed by atoms with E-state index in [9.17, 15) is 14.7 Å². The Morgan fingerprint density at radius 3 is 1.64 bits per heavy atom. The van der Waals surface area contributed by atoms with Gasteiger partial charge in [0.1, 0.15) is 17.8 Å². The summed E-state index contributed by atoms with van der Waals surface area (Å²) >= 11 is 0. The van der Waals surface area contributed by atoms with Gasteiger partial charge in [-0.1, -0.05) is 0 Å². The molecule has 0 aromatic carbocycles. The zero-order chi connectivity index (χ0) is 22.0. The molecule has 1 N–H and O–H groups in total. The van der Waals surface area contributed by atoms with E-state index < -0.39 is 41.5 Å². The van der Waals surface area contributed by atoms with Gasteiger partial charge in [-0.3, -0.25) is 0 Å². The summed E-state index contributed by atoms with van der Waals surface area (Å²) in [6, 6.07) is 1.01. The maximum atomic E-state index is 13.1. The van der Waals surface area contributed by atoms with E-state index in [0.29, 0.717) is 38.6 Å². The average Bonchev–Trinajstić information content (AvgIpc) is 2.70. The highest BCUT2D eigenvalue weighted by atomic mass is 28.1. The number of esters is 1. The molecule has 0 saturated carbocycles. The van der Waals surface area contributed by atoms with Crippen LogP contribution in [0.5, 0.6) is 0 Å². The summed E-state index contributed by atoms with van der Waals surface area (Å²) < 4.78 is 37.7. The zero-order valence-electron chi connectivity index (χ0n) is 17.8. The lowest BCUT2D eigenvalue weighted by atomic mass is 9.99. The molecule has 0 aromatic rings. The van der Waals surface area contributed by atoms with Crippen LogP contribution < -0.4 is 0 Å². The first-order chi connectivity index (χ1) is 13.2. The van der Waals surface area contributed by atoms with Crippen LogP contribution in [0.2, 0.25) is 12.1 Å². The molecular formula is C16H32O10Si2. The SMILES string of the molecule is COC(C[SiH3])C(OC)(OC)OC(=O)/C(=C/C(=O)O)C(OC)(OC)C(C[SiH3])OC. The fourth-order valence-corrected chi connectivity index (χ4v) is 4.70. The molecule has 0 saturated heterocycles. The second-order valence-electron chi connectivity index (χ2n) is 5.64. The van der Waals surface area contributed by atoms with Crippen LogP contribution in [0.25, 0.3) is 0 Å². The molecule has 164 valence electrons. The Hall–Kier alpha value is -1.13. The van der Waals surface area contributed by atoms with Gasteiger partial charge in [-0.2, -0.15) is 0 Å². The lowest BCUT2D eigenvalue weighted by molar-refractivity contribution is -0.379. The number of methoxy groups -OCH3 is 6. The third-order valence-corrected chi connectivity index (χ3v) is 5.89. The highest BCUT2D eigenvalue weighted by Gasteiger charge is 2.51. The molecule has 2 atom stereocenters. The molecule has 0 spiro atoms. The molecular weight excluding hydrogens is 408 g/mol. The fraction of sp³-hybridized carbons (Fsp3) is 0.750. The predicted octanol–water partition coefficient (Wildman–Crippen LogP) is -1.93. The molecule has 0 radical (unpaired) electrons. The number of rotatable bonds is 14. The molecule has 0 aliphatic carbocycles. The number of hydrogen-bond acceptors (Lipinski definition) is 9. The molecule has 0 bridgehead atoms. The van der Waals surface area contributed by atoms with Gasteiger partial charge in [-0.15, -0.1) is 0 Å². The minimum Gasteiger partial charge on any atom is -0.478 e. The Labute approximate surface area is 171 Å². The van der Waals surface area contributed by atoms with Crippen LogP contribution in [-0.4, -0.2) is 104 Å². The number of aliphatic carboxylic acids is 1. The molecule has 0 aromatic heterocycles. The molecule has 0 fully saturated rings. The molecule has 12 heteroatoms. The Kier molecular flexibility index (Phi) is 11.9. The van der Waals surface area contributed by atoms with Crippen molar-refractivity contribution in [3.05, 3.63) is 11.6 Å². The zero-order valence-corrected chi connectivity index (χ0v) is 21.8. The molecule has 0 aliphatic rings. The van der Waals surface area contributed by atoms with Gasteiger partial charge in [0.15, 0.2) is 0 Å². The molecule has 28 heavy (non-hydrogen) atoms. The number of carboxylic acid groups (broad SMARTS) is 1. The van der Waals surface area contributed by atoms with Crippen molar-refractivity contribution in [3.8, 4) is 0 Å². The van der Waals surface area contributed by atoms with Gasteiger partial charge in [-0.25, -0.2) is 9.59 Å². The summed E-state index contributed by atoms with van der Waals surface area (Å²) in [6.45, 7) is 0. The summed E-state index contributed by atoms with van der Waals surface area (Å²) in [6.07, 6.45) is -0.805. The van der Waals surface area contributed by atoms with E-state index in [1.807, 2.05) is 0 Å². The van der Waals surface area contributed by atoms with Crippen molar-refractivity contribution >= 4 is 32.4 Å². The first-order valence-electron chi connectivity index (χ1n) is 8.66. The van der Waals surface area contributed by atoms with E-state index in [0.717, 1.165) is 0 Å². The highest BCUT2D eigenvalue weighted by Crippen LogP contribution is 2.33. The van der Waals surface area contributed by atoms with Gasteiger partial charge in [-0.05, 0) is 12.1 Å². The van der Waals surface area contributed by atoms with Crippen molar-refractivity contribution in [2.24, 2.45) is 0 Å². The number of hydrogen-bond donors (Lipinski definition) is 1. The Morgan fingerprint density at radius 1 is 0.893 bits per heavy atom. The van der Waals surface area contributed by atoms with Crippen molar-refractivity contribution in [2.45, 2.75) is 36.1 Å². The maximum Gasteiger partial charge on any atom is 0.356 e. The second kappa shape index (κ2) is 12.4. The summed E-state index contributed by atoms with van der Waals surface area (Å²) in [5.74, 6) is -6.13. The van der Waals surface area contributed by atoms with E-state index in [2.05, 4.69) is 0 Å². The Bertz CT molecular complexity index is 524. The van der Waals surface area contributed by atoms with Crippen LogP contribution in [0.3, 0.4) is 0 Å². The Morgan fingerprint density at radius 2 is 1.36 bits per heavy atom. The van der Waals surface area contributed by atoms with Gasteiger partial charge in [0.05, 0.1) is 0 Å². The molecule has 0 rings (SSSR count). The van der Waals surface area contributed by atoms with Crippen molar-refractivity contribution in [2.75, 3.05) is 42.7 Å². The molecule has 0 heterocycles. The topological polar surface area (TPSA) is 119 Å². The summed E-state index contributed by atoms with van der Waals surface area (Å²) in [7, 11) is 9.36. The second-order valence-corrected chi connectivity index (χ2v) is 7.27. The van der Waals surface area contributed by atoms with Gasteiger partial charge >= 0.3 is 17.9 Å². The standard InChI is InChI=1S/C16H32O10Si2/c1-20-11(8-27)15(22-3,23-4)10(7-13(17)18)14(19)26-16(24-5,25-6)12(9-28)21-2/h7,11-12H,8-9H2,1-6,27-28H3,(H,17,18)/b10-7-. The monoisotopic (exact) mass is 440 g/mol. The maximum absolute atomic E-state index is 13.1. The summed E-state index contributed by atoms with van der Waals surface area (Å²) in [5.41, 5.74) is -0.408. The molecule has 2 unspecified atom stereocenters. The van der Waals surface area contributed by atoms with Crippen molar-refractivity contribution in [1.82, 2.24) is 0 Å². The lowest BCUT2D eigenvalue weighted by Crippen LogP contribution is -2.55. The van der Waals surface area contributed by atoms with Crippen LogP contribution in [-0.2, 0) is 42.7 Å². The minimum atomic E-state index is -1.87. The highest BCUT2D eigenvalue weighted by molar-refractivity contribution is 6.09. The van der Waals surface area contributed by atoms with Gasteiger partial charge in [0.25, 0.3) is 0 Å². The predicted molar refractivity (Wildman–Crippen MR) is 106 cm³/mol. The van der Waals surface area contributed by atoms with Gasteiger partial charge in [0.2, 0.25) is 5.79 Å². The average molecular weight is 441 g/mol. The van der Waals surface area contributed by atoms with E-state index in [4.69, 9.17) is 33.2 Å². The van der Waals surface area contributed by atoms with Crippen molar-refractivity contribution < 1.29 is 47.9 Å². The van der Waals surface area contributed by atoms with E-state index in [-0.39, 0.29) is 0 Å². The van der Waals surface area contributed by atoms with Crippen LogP contribution in [0.1, 0.15) is 0 Å². The van der Waals surface area contributed by atoms with E-state index in [1.54, 1.807) is 0 Å². The smallest absolute Gasteiger partial charge is 0.356 e. The summed E-state index contributed by atoms with van der Waals surface area (Å²) in [4.78, 5) is 24.5. The molecule has 0 amide bonds. The number of carboxylic acids is 1. The minimum absolute atomic E-state index is 0.408. The van der Waals surface area contributed by atoms with Gasteiger partial charge in [0, 0.05) is 69.2 Å². The van der Waals surface area contributed by atoms with Crippen LogP contribution in [0, 0.1) is 0 Å². The van der Waals surface area contributed by atoms with Crippen LogP contribution >= 0.6 is 0 Å². The van der Waals surface area contributed by atoms with E-state index in [1.165, 1.54) is 42.7 Å². The van der Waals surface area contributed by atoms with Gasteiger partial charge < -0.3 is 38.3 Å². The Balaban J connectivity index is 6.36. The quantitative estimate of drug-likeness (QED) is 0.142. The molecule has 10 nitrogen and oxygen atoms in total. The van der Waals surface area contributed by atoms with Crippen LogP contribution in [0.15, 0.2) is 11.6 Å². The largest absolute Gasteiger partial charge is 0.478 e. The lowest BCUT2D eigenvalue weighted by Gasteiger charge is -2.40. The first kappa shape index (κ1) is 26.9. The summed E-state index contributed by atoms with van der Waals surface area (Å²) in [5, 5.41) is 9.32. The van der Waals surface area contributed by atoms with Crippen molar-refractivity contribution in [3.63, 3.8) is 0 Å². The van der Waals surface area contributed by atoms with Crippen molar-refractivity contribution in [1.29, 1.82) is 0 Å². The van der Waals surface area contributed by atoms with Crippen LogP contribution in [0.4, 0.5) is 0 Å². The number of ether oxygens (including phenoxy) is 7. The fourth-order valence-electron chi connectivity index (χ4n) is 3.00. The third-order valence-electron chi connectivity index (χ3n) is 4.40. The third kappa shape index (κ3) is 5.70.